The molecule has 0 aromatic heterocycles. The maximum atomic E-state index is 13.6. The molecule has 2 unspecified atom stereocenters. The summed E-state index contributed by atoms with van der Waals surface area (Å²) in [6.45, 7) is 3.73. The van der Waals surface area contributed by atoms with Gasteiger partial charge in [-0.05, 0) is 35.1 Å². The van der Waals surface area contributed by atoms with Gasteiger partial charge in [0.2, 0.25) is 11.8 Å². The fraction of sp³-hybridized carbons (Fsp3) is 0.417. The van der Waals surface area contributed by atoms with Crippen molar-refractivity contribution in [2.75, 3.05) is 19.7 Å². The molecule has 29 heavy (non-hydrogen) atoms. The van der Waals surface area contributed by atoms with E-state index in [9.17, 15) is 9.59 Å². The number of morpholine rings is 1. The molecule has 0 N–H and O–H groups in total. The van der Waals surface area contributed by atoms with Crippen LogP contribution in [0.2, 0.25) is 0 Å². The van der Waals surface area contributed by atoms with Gasteiger partial charge in [-0.25, -0.2) is 0 Å². The van der Waals surface area contributed by atoms with Gasteiger partial charge in [0.25, 0.3) is 0 Å². The van der Waals surface area contributed by atoms with E-state index in [4.69, 9.17) is 4.74 Å². The van der Waals surface area contributed by atoms with Gasteiger partial charge < -0.3 is 14.5 Å². The van der Waals surface area contributed by atoms with Crippen LogP contribution in [0.25, 0.3) is 0 Å². The highest BCUT2D eigenvalue weighted by atomic mass is 16.5. The van der Waals surface area contributed by atoms with Gasteiger partial charge in [-0.15, -0.1) is 0 Å². The van der Waals surface area contributed by atoms with Crippen LogP contribution in [0.5, 0.6) is 0 Å². The maximum absolute atomic E-state index is 13.6. The SMILES string of the molecule is CC(=O)N1Cc2ccccc2CC1C(=O)N1CCOC2(CCc3ccccc32)C1. The first-order chi connectivity index (χ1) is 14.1. The molecule has 1 saturated heterocycles. The van der Waals surface area contributed by atoms with Gasteiger partial charge in [-0.1, -0.05) is 48.5 Å². The van der Waals surface area contributed by atoms with Crippen molar-refractivity contribution in [3.8, 4) is 0 Å². The molecule has 5 rings (SSSR count). The second-order valence-corrected chi connectivity index (χ2v) is 8.40. The largest absolute Gasteiger partial charge is 0.367 e. The zero-order chi connectivity index (χ0) is 20.0. The Morgan fingerprint density at radius 1 is 1.03 bits per heavy atom. The highest BCUT2D eigenvalue weighted by Crippen LogP contribution is 2.42. The summed E-state index contributed by atoms with van der Waals surface area (Å²) in [6, 6.07) is 16.1. The lowest BCUT2D eigenvalue weighted by Gasteiger charge is -2.44. The van der Waals surface area contributed by atoms with E-state index < -0.39 is 11.6 Å². The zero-order valence-corrected chi connectivity index (χ0v) is 16.8. The molecule has 0 bridgehead atoms. The van der Waals surface area contributed by atoms with E-state index in [1.165, 1.54) is 11.1 Å². The lowest BCUT2D eigenvalue weighted by atomic mass is 9.91. The third kappa shape index (κ3) is 3.04. The van der Waals surface area contributed by atoms with E-state index in [0.717, 1.165) is 24.0 Å². The molecular weight excluding hydrogens is 364 g/mol. The van der Waals surface area contributed by atoms with Gasteiger partial charge in [-0.2, -0.15) is 0 Å². The van der Waals surface area contributed by atoms with Gasteiger partial charge in [0.05, 0.1) is 13.2 Å². The molecule has 0 saturated carbocycles. The van der Waals surface area contributed by atoms with Crippen LogP contribution < -0.4 is 0 Å². The van der Waals surface area contributed by atoms with E-state index in [1.54, 1.807) is 11.8 Å². The predicted octanol–water partition coefficient (Wildman–Crippen LogP) is 2.66. The quantitative estimate of drug-likeness (QED) is 0.752. The summed E-state index contributed by atoms with van der Waals surface area (Å²) >= 11 is 0. The third-order valence-electron chi connectivity index (χ3n) is 6.74. The summed E-state index contributed by atoms with van der Waals surface area (Å²) in [6.07, 6.45) is 2.46. The Balaban J connectivity index is 1.42. The summed E-state index contributed by atoms with van der Waals surface area (Å²) in [7, 11) is 0. The molecule has 2 aromatic rings. The Hall–Kier alpha value is -2.66. The molecule has 1 spiro atoms. The Labute approximate surface area is 171 Å². The second-order valence-electron chi connectivity index (χ2n) is 8.40. The molecule has 1 aliphatic carbocycles. The number of carbonyl (C=O) groups excluding carboxylic acids is 2. The van der Waals surface area contributed by atoms with Crippen LogP contribution in [0, 0.1) is 0 Å². The first-order valence-corrected chi connectivity index (χ1v) is 10.4. The molecule has 2 heterocycles. The molecule has 2 amide bonds. The summed E-state index contributed by atoms with van der Waals surface area (Å²) < 4.78 is 6.28. The van der Waals surface area contributed by atoms with Gasteiger partial charge in [0, 0.05) is 26.4 Å². The fourth-order valence-corrected chi connectivity index (χ4v) is 5.23. The van der Waals surface area contributed by atoms with Crippen molar-refractivity contribution in [3.63, 3.8) is 0 Å². The molecule has 0 radical (unpaired) electrons. The number of rotatable bonds is 1. The van der Waals surface area contributed by atoms with Crippen molar-refractivity contribution < 1.29 is 14.3 Å². The fourth-order valence-electron chi connectivity index (χ4n) is 5.23. The zero-order valence-electron chi connectivity index (χ0n) is 16.8. The number of nitrogens with zero attached hydrogens (tertiary/aromatic N) is 2. The molecule has 5 nitrogen and oxygen atoms in total. The average molecular weight is 390 g/mol. The number of aryl methyl sites for hydroxylation is 1. The number of amides is 2. The summed E-state index contributed by atoms with van der Waals surface area (Å²) in [4.78, 5) is 29.6. The molecule has 150 valence electrons. The topological polar surface area (TPSA) is 49.9 Å². The van der Waals surface area contributed by atoms with Crippen molar-refractivity contribution in [2.45, 2.75) is 44.4 Å². The number of benzene rings is 2. The van der Waals surface area contributed by atoms with Crippen LogP contribution in [0.1, 0.15) is 35.6 Å². The van der Waals surface area contributed by atoms with Crippen molar-refractivity contribution >= 4 is 11.8 Å². The second kappa shape index (κ2) is 6.99. The van der Waals surface area contributed by atoms with Crippen LogP contribution in [-0.2, 0) is 39.3 Å². The Morgan fingerprint density at radius 3 is 2.55 bits per heavy atom. The van der Waals surface area contributed by atoms with Gasteiger partial charge in [0.15, 0.2) is 0 Å². The average Bonchev–Trinajstić information content (AvgIpc) is 3.10. The minimum absolute atomic E-state index is 0.0433. The van der Waals surface area contributed by atoms with Crippen LogP contribution in [0.3, 0.4) is 0 Å². The van der Waals surface area contributed by atoms with Crippen LogP contribution in [0.15, 0.2) is 48.5 Å². The number of fused-ring (bicyclic) bond motifs is 3. The Kier molecular flexibility index (Phi) is 4.43. The molecule has 5 heteroatoms. The van der Waals surface area contributed by atoms with Gasteiger partial charge in [-0.3, -0.25) is 9.59 Å². The molecule has 2 aliphatic heterocycles. The molecule has 1 fully saturated rings. The predicted molar refractivity (Wildman–Crippen MR) is 109 cm³/mol. The van der Waals surface area contributed by atoms with E-state index in [1.807, 2.05) is 29.2 Å². The highest BCUT2D eigenvalue weighted by molar-refractivity contribution is 5.88. The molecule has 2 aromatic carbocycles. The summed E-state index contributed by atoms with van der Waals surface area (Å²) in [5, 5.41) is 0. The van der Waals surface area contributed by atoms with E-state index in [2.05, 4.69) is 24.3 Å². The Bertz CT molecular complexity index is 968. The Morgan fingerprint density at radius 2 is 1.76 bits per heavy atom. The highest BCUT2D eigenvalue weighted by Gasteiger charge is 2.46. The molecule has 3 aliphatic rings. The summed E-state index contributed by atoms with van der Waals surface area (Å²) in [5.41, 5.74) is 4.43. The van der Waals surface area contributed by atoms with Crippen molar-refractivity contribution in [3.05, 3.63) is 70.8 Å². The standard InChI is InChI=1S/C24H26N2O3/c1-17(27)26-15-20-8-3-2-7-19(20)14-22(26)23(28)25-12-13-29-24(16-25)11-10-18-6-4-5-9-21(18)24/h2-9,22H,10-16H2,1H3. The van der Waals surface area contributed by atoms with Crippen molar-refractivity contribution in [1.82, 2.24) is 9.80 Å². The molecule has 2 atom stereocenters. The first kappa shape index (κ1) is 18.4. The van der Waals surface area contributed by atoms with E-state index in [0.29, 0.717) is 32.7 Å². The minimum atomic E-state index is -0.436. The number of carbonyl (C=O) groups is 2. The smallest absolute Gasteiger partial charge is 0.245 e. The minimum Gasteiger partial charge on any atom is -0.367 e. The van der Waals surface area contributed by atoms with Crippen LogP contribution >= 0.6 is 0 Å². The maximum Gasteiger partial charge on any atom is 0.245 e. The molecular formula is C24H26N2O3. The lowest BCUT2D eigenvalue weighted by Crippen LogP contribution is -2.58. The van der Waals surface area contributed by atoms with E-state index >= 15 is 0 Å². The number of hydrogen-bond acceptors (Lipinski definition) is 3. The number of ether oxygens (including phenoxy) is 1. The summed E-state index contributed by atoms with van der Waals surface area (Å²) in [5.74, 6) is -0.00574. The normalized spacial score (nSPS) is 25.6. The van der Waals surface area contributed by atoms with Gasteiger partial charge in [0.1, 0.15) is 11.6 Å². The number of hydrogen-bond donors (Lipinski definition) is 0. The monoisotopic (exact) mass is 390 g/mol. The van der Waals surface area contributed by atoms with Crippen molar-refractivity contribution in [1.29, 1.82) is 0 Å². The third-order valence-corrected chi connectivity index (χ3v) is 6.74. The van der Waals surface area contributed by atoms with Gasteiger partial charge >= 0.3 is 0 Å². The lowest BCUT2D eigenvalue weighted by molar-refractivity contribution is -0.160. The first-order valence-electron chi connectivity index (χ1n) is 10.4. The van der Waals surface area contributed by atoms with Crippen molar-refractivity contribution in [2.24, 2.45) is 0 Å². The van der Waals surface area contributed by atoms with E-state index in [-0.39, 0.29) is 11.8 Å². The van der Waals surface area contributed by atoms with Crippen LogP contribution in [-0.4, -0.2) is 47.4 Å². The van der Waals surface area contributed by atoms with Crippen LogP contribution in [0.4, 0.5) is 0 Å².